The molecule has 12 nitrogen and oxygen atoms in total. The van der Waals surface area contributed by atoms with Crippen LogP contribution < -0.4 is 10.5 Å². The standard InChI is InChI=1S/C20H20F3N9O3/c21-20(22,23)17-16-14(12-27-28-18(16)34)32(29-17)6-8-35-7-1-15(33)30-2-4-31(5-3-30)19-25-10-13(9-24)11-26-19/h10-12H,1-8H2,(H,28,34). The minimum Gasteiger partial charge on any atom is -0.379 e. The second-order valence-electron chi connectivity index (χ2n) is 7.64. The van der Waals surface area contributed by atoms with Crippen molar-refractivity contribution < 1.29 is 22.7 Å². The fraction of sp³-hybridized carbons (Fsp3) is 0.450. The van der Waals surface area contributed by atoms with Gasteiger partial charge in [-0.05, 0) is 0 Å². The third-order valence-electron chi connectivity index (χ3n) is 5.43. The monoisotopic (exact) mass is 491 g/mol. The first-order valence-electron chi connectivity index (χ1n) is 10.6. The average molecular weight is 491 g/mol. The van der Waals surface area contributed by atoms with Crippen LogP contribution in [0, 0.1) is 11.3 Å². The zero-order valence-electron chi connectivity index (χ0n) is 18.3. The molecule has 0 radical (unpaired) electrons. The normalized spacial score (nSPS) is 14.3. The summed E-state index contributed by atoms with van der Waals surface area (Å²) in [7, 11) is 0. The number of ether oxygens (including phenoxy) is 1. The van der Waals surface area contributed by atoms with Crippen LogP contribution in [0.2, 0.25) is 0 Å². The van der Waals surface area contributed by atoms with Gasteiger partial charge < -0.3 is 14.5 Å². The summed E-state index contributed by atoms with van der Waals surface area (Å²) in [6, 6.07) is 1.96. The molecule has 3 aromatic rings. The van der Waals surface area contributed by atoms with Crippen molar-refractivity contribution in [1.29, 1.82) is 5.26 Å². The lowest BCUT2D eigenvalue weighted by molar-refractivity contribution is -0.140. The predicted molar refractivity (Wildman–Crippen MR) is 114 cm³/mol. The molecule has 184 valence electrons. The van der Waals surface area contributed by atoms with Crippen LogP contribution >= 0.6 is 0 Å². The lowest BCUT2D eigenvalue weighted by Crippen LogP contribution is -2.49. The molecule has 15 heteroatoms. The maximum atomic E-state index is 13.2. The Kier molecular flexibility index (Phi) is 6.92. The molecule has 0 saturated carbocycles. The van der Waals surface area contributed by atoms with Crippen LogP contribution in [0.15, 0.2) is 23.4 Å². The minimum absolute atomic E-state index is 0.00202. The van der Waals surface area contributed by atoms with E-state index in [4.69, 9.17) is 10.00 Å². The third kappa shape index (κ3) is 5.38. The number of alkyl halides is 3. The van der Waals surface area contributed by atoms with Gasteiger partial charge in [0.05, 0.1) is 55.9 Å². The number of nitrogens with zero attached hydrogens (tertiary/aromatic N) is 8. The SMILES string of the molecule is N#Cc1cnc(N2CCN(C(=O)CCOCCn3nc(C(F)(F)F)c4c(=O)[nH]ncc43)CC2)nc1. The Morgan fingerprint density at radius 1 is 1.14 bits per heavy atom. The number of fused-ring (bicyclic) bond motifs is 1. The number of H-pyrrole nitrogens is 1. The van der Waals surface area contributed by atoms with E-state index in [-0.39, 0.29) is 37.6 Å². The van der Waals surface area contributed by atoms with Crippen molar-refractivity contribution >= 4 is 22.8 Å². The van der Waals surface area contributed by atoms with Crippen molar-refractivity contribution in [3.8, 4) is 6.07 Å². The molecule has 0 spiro atoms. The van der Waals surface area contributed by atoms with Crippen LogP contribution in [0.4, 0.5) is 19.1 Å². The van der Waals surface area contributed by atoms with E-state index >= 15 is 0 Å². The molecular weight excluding hydrogens is 471 g/mol. The summed E-state index contributed by atoms with van der Waals surface area (Å²) in [5.41, 5.74) is -1.94. The summed E-state index contributed by atoms with van der Waals surface area (Å²) < 4.78 is 46.1. The van der Waals surface area contributed by atoms with E-state index < -0.39 is 22.8 Å². The molecule has 0 atom stereocenters. The van der Waals surface area contributed by atoms with Crippen molar-refractivity contribution in [2.45, 2.75) is 19.1 Å². The highest BCUT2D eigenvalue weighted by atomic mass is 19.4. The Bertz CT molecular complexity index is 1290. The first kappa shape index (κ1) is 24.1. The molecule has 3 aromatic heterocycles. The third-order valence-corrected chi connectivity index (χ3v) is 5.43. The number of hydrogen-bond donors (Lipinski definition) is 1. The quantitative estimate of drug-likeness (QED) is 0.468. The van der Waals surface area contributed by atoms with E-state index in [0.29, 0.717) is 37.7 Å². The van der Waals surface area contributed by atoms with Crippen molar-refractivity contribution in [2.75, 3.05) is 44.3 Å². The molecule has 1 N–H and O–H groups in total. The Hall–Kier alpha value is -4.06. The van der Waals surface area contributed by atoms with Crippen LogP contribution in [0.5, 0.6) is 0 Å². The molecule has 1 aliphatic heterocycles. The molecule has 1 saturated heterocycles. The fourth-order valence-corrected chi connectivity index (χ4v) is 3.68. The van der Waals surface area contributed by atoms with E-state index in [1.165, 1.54) is 12.4 Å². The van der Waals surface area contributed by atoms with Gasteiger partial charge in [-0.2, -0.15) is 28.6 Å². The number of carbonyl (C=O) groups is 1. The summed E-state index contributed by atoms with van der Waals surface area (Å²) in [6.07, 6.45) is -0.682. The number of nitrogens with one attached hydrogen (secondary N) is 1. The van der Waals surface area contributed by atoms with E-state index in [1.54, 1.807) is 4.90 Å². The number of piperazine rings is 1. The van der Waals surface area contributed by atoms with E-state index in [1.807, 2.05) is 16.1 Å². The summed E-state index contributed by atoms with van der Waals surface area (Å²) in [5, 5.41) is 17.3. The van der Waals surface area contributed by atoms with Gasteiger partial charge in [-0.1, -0.05) is 0 Å². The number of halogens is 3. The molecule has 0 aromatic carbocycles. The Morgan fingerprint density at radius 3 is 2.51 bits per heavy atom. The zero-order chi connectivity index (χ0) is 25.0. The van der Waals surface area contributed by atoms with Gasteiger partial charge >= 0.3 is 6.18 Å². The van der Waals surface area contributed by atoms with Gasteiger partial charge in [0.2, 0.25) is 11.9 Å². The zero-order valence-corrected chi connectivity index (χ0v) is 18.3. The topological polar surface area (TPSA) is 146 Å². The number of carbonyl (C=O) groups excluding carboxylic acids is 1. The van der Waals surface area contributed by atoms with Crippen LogP contribution in [-0.4, -0.2) is 80.1 Å². The highest BCUT2D eigenvalue weighted by Crippen LogP contribution is 2.32. The number of nitriles is 1. The number of aromatic amines is 1. The molecule has 0 aliphatic carbocycles. The van der Waals surface area contributed by atoms with E-state index in [9.17, 15) is 22.8 Å². The number of hydrogen-bond acceptors (Lipinski definition) is 9. The molecule has 4 heterocycles. The van der Waals surface area contributed by atoms with Crippen LogP contribution in [0.25, 0.3) is 10.9 Å². The van der Waals surface area contributed by atoms with Gasteiger partial charge in [-0.3, -0.25) is 14.3 Å². The molecular formula is C20H20F3N9O3. The molecule has 1 fully saturated rings. The Balaban J connectivity index is 1.23. The van der Waals surface area contributed by atoms with Crippen molar-refractivity contribution in [3.05, 3.63) is 40.2 Å². The van der Waals surface area contributed by atoms with Gasteiger partial charge in [0.25, 0.3) is 5.56 Å². The molecule has 1 aliphatic rings. The smallest absolute Gasteiger partial charge is 0.379 e. The highest BCUT2D eigenvalue weighted by molar-refractivity contribution is 5.80. The maximum absolute atomic E-state index is 13.2. The molecule has 35 heavy (non-hydrogen) atoms. The number of aromatic nitrogens is 6. The fourth-order valence-electron chi connectivity index (χ4n) is 3.68. The first-order valence-corrected chi connectivity index (χ1v) is 10.6. The first-order chi connectivity index (χ1) is 16.8. The minimum atomic E-state index is -4.79. The molecule has 4 rings (SSSR count). The number of anilines is 1. The van der Waals surface area contributed by atoms with Crippen LogP contribution in [0.3, 0.4) is 0 Å². The predicted octanol–water partition coefficient (Wildman–Crippen LogP) is 0.556. The second-order valence-corrected chi connectivity index (χ2v) is 7.64. The molecule has 1 amide bonds. The molecule has 0 bridgehead atoms. The number of amides is 1. The summed E-state index contributed by atoms with van der Waals surface area (Å²) in [5.74, 6) is 0.390. The van der Waals surface area contributed by atoms with Gasteiger partial charge in [0, 0.05) is 26.2 Å². The lowest BCUT2D eigenvalue weighted by Gasteiger charge is -2.34. The average Bonchev–Trinajstić information content (AvgIpc) is 3.24. The van der Waals surface area contributed by atoms with E-state index in [2.05, 4.69) is 20.2 Å². The van der Waals surface area contributed by atoms with Gasteiger partial charge in [-0.15, -0.1) is 0 Å². The van der Waals surface area contributed by atoms with Crippen molar-refractivity contribution in [3.63, 3.8) is 0 Å². The van der Waals surface area contributed by atoms with Gasteiger partial charge in [-0.25, -0.2) is 15.1 Å². The largest absolute Gasteiger partial charge is 0.435 e. The van der Waals surface area contributed by atoms with E-state index in [0.717, 1.165) is 10.9 Å². The summed E-state index contributed by atoms with van der Waals surface area (Å²) in [4.78, 5) is 36.2. The second kappa shape index (κ2) is 10.1. The van der Waals surface area contributed by atoms with Crippen LogP contribution in [0.1, 0.15) is 17.7 Å². The van der Waals surface area contributed by atoms with Gasteiger partial charge in [0.15, 0.2) is 5.69 Å². The Morgan fingerprint density at radius 2 is 1.86 bits per heavy atom. The Labute approximate surface area is 195 Å². The van der Waals surface area contributed by atoms with Crippen molar-refractivity contribution in [2.24, 2.45) is 0 Å². The summed E-state index contributed by atoms with van der Waals surface area (Å²) in [6.45, 7) is 2.07. The maximum Gasteiger partial charge on any atom is 0.435 e. The van der Waals surface area contributed by atoms with Crippen LogP contribution in [-0.2, 0) is 22.3 Å². The molecule has 0 unspecified atom stereocenters. The highest BCUT2D eigenvalue weighted by Gasteiger charge is 2.38. The number of rotatable bonds is 7. The lowest BCUT2D eigenvalue weighted by atomic mass is 10.2. The van der Waals surface area contributed by atoms with Gasteiger partial charge in [0.1, 0.15) is 11.5 Å². The van der Waals surface area contributed by atoms with Crippen molar-refractivity contribution in [1.82, 2.24) is 34.8 Å². The summed E-state index contributed by atoms with van der Waals surface area (Å²) >= 11 is 0.